The lowest BCUT2D eigenvalue weighted by Crippen LogP contribution is -2.23. The van der Waals surface area contributed by atoms with Crippen LogP contribution in [0.3, 0.4) is 0 Å². The van der Waals surface area contributed by atoms with Gasteiger partial charge in [-0.3, -0.25) is 4.79 Å². The van der Waals surface area contributed by atoms with Crippen molar-refractivity contribution in [2.75, 3.05) is 11.9 Å². The Morgan fingerprint density at radius 2 is 1.75 bits per heavy atom. The third kappa shape index (κ3) is 2.83. The normalized spacial score (nSPS) is 17.3. The van der Waals surface area contributed by atoms with Gasteiger partial charge in [-0.2, -0.15) is 5.10 Å². The second-order valence-electron chi connectivity index (χ2n) is 6.34. The molecule has 1 aliphatic heterocycles. The molecular formula is C20H21N3O. The lowest BCUT2D eigenvalue weighted by atomic mass is 9.84. The standard InChI is InChI=1S/C20H21N3O/c1-20(2)16-11-7-8-12-17(16)23(3)18(20)13-14-21-22-19(24)15-9-5-4-6-10-15/h4-14H,1-3H3,(H,22,24). The van der Waals surface area contributed by atoms with E-state index in [2.05, 4.69) is 54.5 Å². The smallest absolute Gasteiger partial charge is 0.271 e. The SMILES string of the molecule is CN1C(=CC=NNC(=O)c2ccccc2)C(C)(C)c2ccccc21. The van der Waals surface area contributed by atoms with Crippen LogP contribution in [0.5, 0.6) is 0 Å². The number of hydrogen-bond acceptors (Lipinski definition) is 3. The van der Waals surface area contributed by atoms with Crippen molar-refractivity contribution in [3.8, 4) is 0 Å². The van der Waals surface area contributed by atoms with Crippen LogP contribution in [0.2, 0.25) is 0 Å². The molecule has 0 saturated heterocycles. The second-order valence-corrected chi connectivity index (χ2v) is 6.34. The van der Waals surface area contributed by atoms with Crippen LogP contribution in [-0.4, -0.2) is 19.2 Å². The molecule has 0 saturated carbocycles. The fourth-order valence-corrected chi connectivity index (χ4v) is 3.16. The summed E-state index contributed by atoms with van der Waals surface area (Å²) in [5.74, 6) is -0.215. The van der Waals surface area contributed by atoms with E-state index < -0.39 is 0 Å². The number of nitrogens with one attached hydrogen (secondary N) is 1. The highest BCUT2D eigenvalue weighted by atomic mass is 16.2. The monoisotopic (exact) mass is 319 g/mol. The van der Waals surface area contributed by atoms with E-state index in [9.17, 15) is 4.79 Å². The average Bonchev–Trinajstić information content (AvgIpc) is 2.80. The molecule has 0 aliphatic carbocycles. The fourth-order valence-electron chi connectivity index (χ4n) is 3.16. The number of amides is 1. The van der Waals surface area contributed by atoms with Gasteiger partial charge in [0.2, 0.25) is 0 Å². The molecule has 0 spiro atoms. The van der Waals surface area contributed by atoms with E-state index in [-0.39, 0.29) is 11.3 Å². The summed E-state index contributed by atoms with van der Waals surface area (Å²) in [4.78, 5) is 14.1. The molecule has 4 heteroatoms. The van der Waals surface area contributed by atoms with Gasteiger partial charge in [0.15, 0.2) is 0 Å². The van der Waals surface area contributed by atoms with E-state index in [1.165, 1.54) is 11.3 Å². The number of fused-ring (bicyclic) bond motifs is 1. The summed E-state index contributed by atoms with van der Waals surface area (Å²) in [6.45, 7) is 4.38. The molecule has 24 heavy (non-hydrogen) atoms. The van der Waals surface area contributed by atoms with Crippen LogP contribution in [-0.2, 0) is 5.41 Å². The van der Waals surface area contributed by atoms with E-state index in [0.717, 1.165) is 5.70 Å². The van der Waals surface area contributed by atoms with Gasteiger partial charge < -0.3 is 4.90 Å². The molecule has 0 unspecified atom stereocenters. The molecule has 2 aromatic carbocycles. The maximum absolute atomic E-state index is 12.0. The van der Waals surface area contributed by atoms with Gasteiger partial charge in [-0.05, 0) is 29.8 Å². The van der Waals surface area contributed by atoms with Gasteiger partial charge in [-0.25, -0.2) is 5.43 Å². The molecule has 0 bridgehead atoms. The Bertz CT molecular complexity index is 807. The van der Waals surface area contributed by atoms with Gasteiger partial charge in [-0.15, -0.1) is 0 Å². The molecule has 1 heterocycles. The third-order valence-electron chi connectivity index (χ3n) is 4.45. The first-order valence-electron chi connectivity index (χ1n) is 7.94. The van der Waals surface area contributed by atoms with Crippen LogP contribution in [0, 0.1) is 0 Å². The molecule has 1 N–H and O–H groups in total. The predicted octanol–water partition coefficient (Wildman–Crippen LogP) is 3.71. The van der Waals surface area contributed by atoms with Crippen LogP contribution in [0.1, 0.15) is 29.8 Å². The van der Waals surface area contributed by atoms with E-state index in [1.54, 1.807) is 18.3 Å². The molecule has 0 aromatic heterocycles. The number of carbonyl (C=O) groups excluding carboxylic acids is 1. The van der Waals surface area contributed by atoms with Gasteiger partial charge in [0.25, 0.3) is 5.91 Å². The number of allylic oxidation sites excluding steroid dienone is 2. The quantitative estimate of drug-likeness (QED) is 0.692. The zero-order valence-electron chi connectivity index (χ0n) is 14.2. The zero-order chi connectivity index (χ0) is 17.2. The maximum Gasteiger partial charge on any atom is 0.271 e. The fraction of sp³-hybridized carbons (Fsp3) is 0.200. The van der Waals surface area contributed by atoms with E-state index in [4.69, 9.17) is 0 Å². The first-order chi connectivity index (χ1) is 11.5. The molecule has 2 aromatic rings. The van der Waals surface area contributed by atoms with Crippen molar-refractivity contribution in [3.05, 3.63) is 77.5 Å². The van der Waals surface area contributed by atoms with Crippen molar-refractivity contribution < 1.29 is 4.79 Å². The second kappa shape index (κ2) is 6.32. The highest BCUT2D eigenvalue weighted by Crippen LogP contribution is 2.46. The molecular weight excluding hydrogens is 298 g/mol. The Balaban J connectivity index is 1.74. The van der Waals surface area contributed by atoms with Crippen molar-refractivity contribution >= 4 is 17.8 Å². The number of nitrogens with zero attached hydrogens (tertiary/aromatic N) is 2. The van der Waals surface area contributed by atoms with Gasteiger partial charge in [0.1, 0.15) is 0 Å². The highest BCUT2D eigenvalue weighted by Gasteiger charge is 2.37. The number of rotatable bonds is 3. The molecule has 122 valence electrons. The molecule has 0 atom stereocenters. The lowest BCUT2D eigenvalue weighted by Gasteiger charge is -2.23. The van der Waals surface area contributed by atoms with Crippen molar-refractivity contribution in [1.29, 1.82) is 0 Å². The van der Waals surface area contributed by atoms with Gasteiger partial charge in [-0.1, -0.05) is 50.2 Å². The molecule has 1 aliphatic rings. The minimum Gasteiger partial charge on any atom is -0.347 e. The van der Waals surface area contributed by atoms with Crippen LogP contribution >= 0.6 is 0 Å². The number of benzene rings is 2. The Morgan fingerprint density at radius 1 is 1.08 bits per heavy atom. The van der Waals surface area contributed by atoms with Crippen LogP contribution in [0.25, 0.3) is 0 Å². The van der Waals surface area contributed by atoms with Crippen LogP contribution in [0.4, 0.5) is 5.69 Å². The largest absolute Gasteiger partial charge is 0.347 e. The highest BCUT2D eigenvalue weighted by molar-refractivity contribution is 5.94. The summed E-state index contributed by atoms with van der Waals surface area (Å²) in [5.41, 5.74) is 6.68. The molecule has 1 amide bonds. The first kappa shape index (κ1) is 16.0. The van der Waals surface area contributed by atoms with E-state index in [1.807, 2.05) is 30.3 Å². The molecule has 3 rings (SSSR count). The molecule has 0 fully saturated rings. The maximum atomic E-state index is 12.0. The summed E-state index contributed by atoms with van der Waals surface area (Å²) in [7, 11) is 2.05. The number of para-hydroxylation sites is 1. The Hall–Kier alpha value is -2.88. The Labute approximate surface area is 142 Å². The molecule has 0 radical (unpaired) electrons. The van der Waals surface area contributed by atoms with Crippen molar-refractivity contribution in [1.82, 2.24) is 5.43 Å². The summed E-state index contributed by atoms with van der Waals surface area (Å²) in [6.07, 6.45) is 3.59. The predicted molar refractivity (Wildman–Crippen MR) is 98.4 cm³/mol. The van der Waals surface area contributed by atoms with E-state index in [0.29, 0.717) is 5.56 Å². The number of hydrogen-bond donors (Lipinski definition) is 1. The number of carbonyl (C=O) groups is 1. The molecule has 4 nitrogen and oxygen atoms in total. The summed E-state index contributed by atoms with van der Waals surface area (Å²) >= 11 is 0. The first-order valence-corrected chi connectivity index (χ1v) is 7.94. The Kier molecular flexibility index (Phi) is 4.21. The van der Waals surface area contributed by atoms with Crippen molar-refractivity contribution in [3.63, 3.8) is 0 Å². The van der Waals surface area contributed by atoms with Crippen molar-refractivity contribution in [2.45, 2.75) is 19.3 Å². The summed E-state index contributed by atoms with van der Waals surface area (Å²) in [6, 6.07) is 17.4. The lowest BCUT2D eigenvalue weighted by molar-refractivity contribution is 0.0955. The van der Waals surface area contributed by atoms with E-state index >= 15 is 0 Å². The number of anilines is 1. The minimum atomic E-state index is -0.215. The van der Waals surface area contributed by atoms with Gasteiger partial charge in [0.05, 0.1) is 0 Å². The number of hydrazone groups is 1. The topological polar surface area (TPSA) is 44.7 Å². The van der Waals surface area contributed by atoms with Gasteiger partial charge in [0, 0.05) is 35.6 Å². The number of likely N-dealkylation sites (N-methyl/N-ethyl adjacent to an activating group) is 1. The third-order valence-corrected chi connectivity index (χ3v) is 4.45. The summed E-state index contributed by atoms with van der Waals surface area (Å²) < 4.78 is 0. The van der Waals surface area contributed by atoms with Crippen LogP contribution < -0.4 is 10.3 Å². The minimum absolute atomic E-state index is 0.0964. The Morgan fingerprint density at radius 3 is 2.46 bits per heavy atom. The van der Waals surface area contributed by atoms with Crippen LogP contribution in [0.15, 0.2) is 71.5 Å². The van der Waals surface area contributed by atoms with Gasteiger partial charge >= 0.3 is 0 Å². The average molecular weight is 319 g/mol. The zero-order valence-corrected chi connectivity index (χ0v) is 14.2. The van der Waals surface area contributed by atoms with Crippen molar-refractivity contribution in [2.24, 2.45) is 5.10 Å². The summed E-state index contributed by atoms with van der Waals surface area (Å²) in [5, 5.41) is 4.05.